The molecule has 0 radical (unpaired) electrons. The summed E-state index contributed by atoms with van der Waals surface area (Å²) in [5.41, 5.74) is 1.22. The Hall–Kier alpha value is -2.02. The van der Waals surface area contributed by atoms with Crippen LogP contribution in [-0.2, 0) is 9.53 Å². The molecule has 0 saturated heterocycles. The van der Waals surface area contributed by atoms with E-state index in [9.17, 15) is 14.7 Å². The zero-order valence-corrected chi connectivity index (χ0v) is 14.1. The molecule has 22 heavy (non-hydrogen) atoms. The number of urea groups is 1. The van der Waals surface area contributed by atoms with Crippen molar-refractivity contribution in [1.29, 1.82) is 0 Å². The highest BCUT2D eigenvalue weighted by molar-refractivity contribution is 9.10. The van der Waals surface area contributed by atoms with E-state index in [-0.39, 0.29) is 18.4 Å². The van der Waals surface area contributed by atoms with Crippen molar-refractivity contribution in [3.63, 3.8) is 0 Å². The molecule has 0 spiro atoms. The van der Waals surface area contributed by atoms with Crippen molar-refractivity contribution in [1.82, 2.24) is 10.2 Å². The van der Waals surface area contributed by atoms with Gasteiger partial charge in [-0.2, -0.15) is 0 Å². The number of halogens is 1. The third-order valence-corrected chi connectivity index (χ3v) is 4.22. The number of phenolic OH excluding ortho intramolecular Hbond substituents is 1. The molecule has 0 fully saturated rings. The van der Waals surface area contributed by atoms with Crippen LogP contribution in [0.15, 0.2) is 33.9 Å². The fraction of sp³-hybridized carbons (Fsp3) is 0.333. The van der Waals surface area contributed by atoms with Gasteiger partial charge in [-0.3, -0.25) is 0 Å². The van der Waals surface area contributed by atoms with E-state index in [1.807, 2.05) is 0 Å². The highest BCUT2D eigenvalue weighted by Crippen LogP contribution is 2.38. The number of para-hydroxylation sites is 1. The van der Waals surface area contributed by atoms with Gasteiger partial charge < -0.3 is 20.1 Å². The number of ether oxygens (including phenoxy) is 1. The molecule has 1 heterocycles. The number of esters is 1. The van der Waals surface area contributed by atoms with Crippen LogP contribution in [0.5, 0.6) is 5.75 Å². The Morgan fingerprint density at radius 1 is 1.50 bits per heavy atom. The molecule has 2 amide bonds. The molecule has 2 rings (SSSR count). The van der Waals surface area contributed by atoms with Crippen molar-refractivity contribution < 1.29 is 19.4 Å². The number of hydrogen-bond donors (Lipinski definition) is 2. The minimum atomic E-state index is -0.764. The summed E-state index contributed by atoms with van der Waals surface area (Å²) in [4.78, 5) is 25.7. The summed E-state index contributed by atoms with van der Waals surface area (Å²) in [7, 11) is 1.57. The van der Waals surface area contributed by atoms with Gasteiger partial charge in [-0.1, -0.05) is 12.1 Å². The Balaban J connectivity index is 2.58. The molecule has 0 saturated carbocycles. The second-order valence-electron chi connectivity index (χ2n) is 4.84. The molecule has 1 atom stereocenters. The first-order valence-corrected chi connectivity index (χ1v) is 7.57. The van der Waals surface area contributed by atoms with E-state index in [2.05, 4.69) is 21.2 Å². The molecule has 1 unspecified atom stereocenters. The second-order valence-corrected chi connectivity index (χ2v) is 5.69. The van der Waals surface area contributed by atoms with Gasteiger partial charge in [0.1, 0.15) is 5.75 Å². The normalized spacial score (nSPS) is 18.3. The number of allylic oxidation sites excluding steroid dienone is 1. The van der Waals surface area contributed by atoms with Gasteiger partial charge in [0.15, 0.2) is 0 Å². The Morgan fingerprint density at radius 2 is 2.18 bits per heavy atom. The smallest absolute Gasteiger partial charge is 0.338 e. The number of aromatic hydroxyl groups is 1. The Labute approximate surface area is 136 Å². The van der Waals surface area contributed by atoms with Crippen LogP contribution < -0.4 is 5.32 Å². The SMILES string of the molecule is CCOC(=O)C1=C(C)N(C)C(=O)NC1c1cccc(Br)c1O. The van der Waals surface area contributed by atoms with Gasteiger partial charge in [0.25, 0.3) is 0 Å². The maximum absolute atomic E-state index is 12.3. The van der Waals surface area contributed by atoms with Crippen LogP contribution in [0, 0.1) is 0 Å². The number of carbonyl (C=O) groups is 2. The number of nitrogens with one attached hydrogen (secondary N) is 1. The van der Waals surface area contributed by atoms with Crippen LogP contribution >= 0.6 is 15.9 Å². The van der Waals surface area contributed by atoms with Gasteiger partial charge in [0.2, 0.25) is 0 Å². The van der Waals surface area contributed by atoms with Crippen molar-refractivity contribution in [3.8, 4) is 5.75 Å². The summed E-state index contributed by atoms with van der Waals surface area (Å²) < 4.78 is 5.57. The summed E-state index contributed by atoms with van der Waals surface area (Å²) in [6.45, 7) is 3.61. The van der Waals surface area contributed by atoms with Gasteiger partial charge in [-0.05, 0) is 35.8 Å². The van der Waals surface area contributed by atoms with Gasteiger partial charge in [0, 0.05) is 18.3 Å². The van der Waals surface area contributed by atoms with Crippen molar-refractivity contribution in [3.05, 3.63) is 39.5 Å². The average molecular weight is 369 g/mol. The predicted octanol–water partition coefficient (Wildman–Crippen LogP) is 2.69. The van der Waals surface area contributed by atoms with Gasteiger partial charge in [-0.15, -0.1) is 0 Å². The molecule has 0 bridgehead atoms. The molecule has 1 aromatic carbocycles. The zero-order chi connectivity index (χ0) is 16.4. The fourth-order valence-electron chi connectivity index (χ4n) is 2.31. The van der Waals surface area contributed by atoms with E-state index >= 15 is 0 Å². The lowest BCUT2D eigenvalue weighted by Gasteiger charge is -2.33. The standard InChI is InChI=1S/C15H17BrN2O4/c1-4-22-14(20)11-8(2)18(3)15(21)17-12(11)9-6-5-7-10(16)13(9)19/h5-7,12,19H,4H2,1-3H3,(H,17,21). The van der Waals surface area contributed by atoms with E-state index in [4.69, 9.17) is 4.74 Å². The number of benzene rings is 1. The van der Waals surface area contributed by atoms with Crippen LogP contribution in [0.3, 0.4) is 0 Å². The minimum absolute atomic E-state index is 0.0213. The van der Waals surface area contributed by atoms with Gasteiger partial charge in [0.05, 0.1) is 22.7 Å². The number of amides is 2. The van der Waals surface area contributed by atoms with Crippen LogP contribution in [-0.4, -0.2) is 35.7 Å². The zero-order valence-electron chi connectivity index (χ0n) is 12.5. The number of phenols is 1. The molecule has 0 aliphatic carbocycles. The number of hydrogen-bond acceptors (Lipinski definition) is 4. The van der Waals surface area contributed by atoms with Crippen LogP contribution in [0.25, 0.3) is 0 Å². The van der Waals surface area contributed by atoms with Crippen molar-refractivity contribution in [2.75, 3.05) is 13.7 Å². The third kappa shape index (κ3) is 2.81. The van der Waals surface area contributed by atoms with Crippen LogP contribution in [0.4, 0.5) is 4.79 Å². The van der Waals surface area contributed by atoms with Gasteiger partial charge in [-0.25, -0.2) is 9.59 Å². The molecule has 1 aliphatic heterocycles. The molecular weight excluding hydrogens is 352 g/mol. The first-order chi connectivity index (χ1) is 10.4. The number of carbonyl (C=O) groups excluding carboxylic acids is 2. The second kappa shape index (κ2) is 6.39. The summed E-state index contributed by atoms with van der Waals surface area (Å²) >= 11 is 3.24. The monoisotopic (exact) mass is 368 g/mol. The third-order valence-electron chi connectivity index (χ3n) is 3.58. The summed E-state index contributed by atoms with van der Waals surface area (Å²) in [6, 6.07) is 3.94. The van der Waals surface area contributed by atoms with E-state index in [1.54, 1.807) is 39.1 Å². The predicted molar refractivity (Wildman–Crippen MR) is 84.2 cm³/mol. The summed E-state index contributed by atoms with van der Waals surface area (Å²) in [6.07, 6.45) is 0. The largest absolute Gasteiger partial charge is 0.506 e. The first-order valence-electron chi connectivity index (χ1n) is 6.78. The Kier molecular flexibility index (Phi) is 4.75. The average Bonchev–Trinajstić information content (AvgIpc) is 2.47. The maximum Gasteiger partial charge on any atom is 0.338 e. The van der Waals surface area contributed by atoms with Crippen molar-refractivity contribution in [2.45, 2.75) is 19.9 Å². The molecule has 1 aromatic rings. The van der Waals surface area contributed by atoms with E-state index in [1.165, 1.54) is 4.90 Å². The topological polar surface area (TPSA) is 78.9 Å². The van der Waals surface area contributed by atoms with Gasteiger partial charge >= 0.3 is 12.0 Å². The maximum atomic E-state index is 12.3. The van der Waals surface area contributed by atoms with E-state index in [0.717, 1.165) is 0 Å². The highest BCUT2D eigenvalue weighted by atomic mass is 79.9. The molecule has 118 valence electrons. The summed E-state index contributed by atoms with van der Waals surface area (Å²) in [5.74, 6) is -0.539. The number of rotatable bonds is 3. The van der Waals surface area contributed by atoms with Crippen molar-refractivity contribution in [2.24, 2.45) is 0 Å². The molecule has 6 nitrogen and oxygen atoms in total. The lowest BCUT2D eigenvalue weighted by atomic mass is 9.94. The highest BCUT2D eigenvalue weighted by Gasteiger charge is 2.36. The molecular formula is C15H17BrN2O4. The first kappa shape index (κ1) is 16.4. The van der Waals surface area contributed by atoms with E-state index < -0.39 is 12.0 Å². The Bertz CT molecular complexity index is 657. The van der Waals surface area contributed by atoms with Crippen LogP contribution in [0.1, 0.15) is 25.5 Å². The van der Waals surface area contributed by atoms with Crippen molar-refractivity contribution >= 4 is 27.9 Å². The van der Waals surface area contributed by atoms with Crippen LogP contribution in [0.2, 0.25) is 0 Å². The molecule has 7 heteroatoms. The summed E-state index contributed by atoms with van der Waals surface area (Å²) in [5, 5.41) is 12.9. The molecule has 1 aliphatic rings. The van der Waals surface area contributed by atoms with E-state index in [0.29, 0.717) is 21.3 Å². The Morgan fingerprint density at radius 3 is 2.82 bits per heavy atom. The minimum Gasteiger partial charge on any atom is -0.506 e. The number of nitrogens with zero attached hydrogens (tertiary/aromatic N) is 1. The molecule has 2 N–H and O–H groups in total. The quantitative estimate of drug-likeness (QED) is 0.803. The fourth-order valence-corrected chi connectivity index (χ4v) is 2.69. The lowest BCUT2D eigenvalue weighted by molar-refractivity contribution is -0.139. The molecule has 0 aromatic heterocycles. The lowest BCUT2D eigenvalue weighted by Crippen LogP contribution is -2.46.